The second kappa shape index (κ2) is 12.5. The first-order valence-electron chi connectivity index (χ1n) is 15.3. The van der Waals surface area contributed by atoms with Crippen LogP contribution in [-0.2, 0) is 42.6 Å². The molecular weight excluding hydrogens is 623 g/mol. The summed E-state index contributed by atoms with van der Waals surface area (Å²) in [5, 5.41) is 5.18. The van der Waals surface area contributed by atoms with Crippen LogP contribution in [0, 0.1) is 38.5 Å². The molecule has 0 spiro atoms. The number of fused-ring (bicyclic) bond motifs is 7. The molecule has 3 unspecified atom stereocenters. The molecule has 3 aromatic rings. The van der Waals surface area contributed by atoms with Crippen molar-refractivity contribution in [1.29, 1.82) is 0 Å². The van der Waals surface area contributed by atoms with Gasteiger partial charge in [-0.3, -0.25) is 14.4 Å². The molecule has 241 valence electrons. The molecule has 0 saturated carbocycles. The number of nitrogens with zero attached hydrogens (tertiary/aromatic N) is 3. The smallest absolute Gasteiger partial charge is 0.321 e. The average molecular weight is 661 g/mol. The number of ether oxygens (including phenoxy) is 2. The van der Waals surface area contributed by atoms with Crippen molar-refractivity contribution in [2.45, 2.75) is 53.9 Å². The van der Waals surface area contributed by atoms with Gasteiger partial charge in [0.2, 0.25) is 0 Å². The number of Topliss-reactive ketones (excluding diaryl/α,β-unsaturated/α-hetero) is 1. The van der Waals surface area contributed by atoms with Crippen LogP contribution in [0.5, 0.6) is 0 Å². The van der Waals surface area contributed by atoms with Crippen LogP contribution in [0.3, 0.4) is 0 Å². The molecule has 0 aromatic carbocycles. The van der Waals surface area contributed by atoms with Crippen molar-refractivity contribution >= 4 is 47.6 Å². The van der Waals surface area contributed by atoms with Gasteiger partial charge in [-0.2, -0.15) is 0 Å². The molecule has 6 rings (SSSR count). The zero-order valence-corrected chi connectivity index (χ0v) is 28.3. The molecule has 8 bridgehead atoms. The zero-order valence-electron chi connectivity index (χ0n) is 27.1. The Kier molecular flexibility index (Phi) is 8.99. The minimum absolute atomic E-state index is 0. The van der Waals surface area contributed by atoms with E-state index in [4.69, 9.17) is 24.4 Å². The minimum atomic E-state index is -1.17. The number of ketones is 1. The molecule has 10 heteroatoms. The van der Waals surface area contributed by atoms with Crippen LogP contribution in [0.15, 0.2) is 18.0 Å². The number of allylic oxidation sites excluding steroid dienone is 2. The summed E-state index contributed by atoms with van der Waals surface area (Å²) >= 11 is 0. The van der Waals surface area contributed by atoms with Crippen LogP contribution in [0.4, 0.5) is 0 Å². The first kappa shape index (κ1) is 33.1. The summed E-state index contributed by atoms with van der Waals surface area (Å²) < 4.78 is 10.1. The normalized spacial score (nSPS) is 22.9. The van der Waals surface area contributed by atoms with Crippen molar-refractivity contribution < 1.29 is 40.9 Å². The molecule has 9 nitrogen and oxygen atoms in total. The third-order valence-electron chi connectivity index (χ3n) is 9.73. The number of hydrogen-bond acceptors (Lipinski definition) is 6. The van der Waals surface area contributed by atoms with Gasteiger partial charge in [0.25, 0.3) is 0 Å². The molecule has 3 aromatic heterocycles. The van der Waals surface area contributed by atoms with E-state index in [0.29, 0.717) is 40.2 Å². The Balaban J connectivity index is 0.00000417. The van der Waals surface area contributed by atoms with Crippen LogP contribution in [0.2, 0.25) is 0 Å². The van der Waals surface area contributed by atoms with Crippen molar-refractivity contribution in [1.82, 2.24) is 20.3 Å². The number of aromatic nitrogens is 3. The van der Waals surface area contributed by atoms with Gasteiger partial charge in [-0.05, 0) is 44.7 Å². The van der Waals surface area contributed by atoms with E-state index in [9.17, 15) is 14.4 Å². The topological polar surface area (TPSA) is 124 Å². The SMILES string of the molecule is C=Cc1c2[n-]c(c1C)/C=C1\N/C(=C3\c4[n-]c(c(C)c4C(=O)C3C(=O)OC)/C=c3/[n-]c(c(C)c3CC)=C2)C(CCC(=O)OC)C1C.[Mn]. The van der Waals surface area contributed by atoms with Crippen molar-refractivity contribution in [2.24, 2.45) is 17.8 Å². The van der Waals surface area contributed by atoms with Gasteiger partial charge in [0.05, 0.1) is 14.2 Å². The molecule has 5 heterocycles. The van der Waals surface area contributed by atoms with Crippen molar-refractivity contribution in [3.8, 4) is 0 Å². The zero-order chi connectivity index (χ0) is 32.3. The molecule has 3 atom stereocenters. The van der Waals surface area contributed by atoms with E-state index in [2.05, 4.69) is 32.7 Å². The van der Waals surface area contributed by atoms with Crippen molar-refractivity contribution in [3.05, 3.63) is 84.8 Å². The van der Waals surface area contributed by atoms with Crippen LogP contribution in [0.1, 0.15) is 87.6 Å². The van der Waals surface area contributed by atoms with Crippen molar-refractivity contribution in [2.75, 3.05) is 14.2 Å². The summed E-state index contributed by atoms with van der Waals surface area (Å²) in [4.78, 5) is 54.7. The number of hydrogen-bond donors (Lipinski definition) is 1. The van der Waals surface area contributed by atoms with E-state index in [0.717, 1.165) is 56.5 Å². The van der Waals surface area contributed by atoms with Gasteiger partial charge in [0.1, 0.15) is 5.92 Å². The fourth-order valence-electron chi connectivity index (χ4n) is 7.13. The number of rotatable bonds is 6. The standard InChI is InChI=1S/C36H38N4O5.Mn/c1-9-20-16(3)23-13-25-18(5)22(11-12-29(41)44-7)33(39-25)31-32(36(43)45-8)35(42)30-19(6)26(40-34(30)31)15-28-21(10-2)17(4)24(38-28)14-27(20)37-23;/h9,13-15,18,22,32H,1,10-12H2,2-8H3,(H2,39,40,42);/q-2;/p-1/b24-14?,25-13-,28-15+;. The molecule has 1 saturated heterocycles. The molecule has 1 radical (unpaired) electrons. The third-order valence-corrected chi connectivity index (χ3v) is 9.73. The van der Waals surface area contributed by atoms with Crippen LogP contribution < -0.4 is 31.0 Å². The Morgan fingerprint density at radius 2 is 1.65 bits per heavy atom. The van der Waals surface area contributed by atoms with E-state index in [1.165, 1.54) is 14.2 Å². The van der Waals surface area contributed by atoms with Gasteiger partial charge in [0.15, 0.2) is 5.78 Å². The number of carbonyl (C=O) groups is 3. The summed E-state index contributed by atoms with van der Waals surface area (Å²) in [6.45, 7) is 14.2. The monoisotopic (exact) mass is 660 g/mol. The maximum absolute atomic E-state index is 14.0. The van der Waals surface area contributed by atoms with Gasteiger partial charge in [0, 0.05) is 52.3 Å². The Morgan fingerprint density at radius 1 is 0.957 bits per heavy atom. The molecule has 1 N–H and O–H groups in total. The van der Waals surface area contributed by atoms with Gasteiger partial charge < -0.3 is 29.7 Å². The van der Waals surface area contributed by atoms with E-state index in [1.807, 2.05) is 38.2 Å². The minimum Gasteiger partial charge on any atom is -0.657 e. The Hall–Kier alpha value is -4.27. The maximum atomic E-state index is 14.0. The molecule has 2 aliphatic heterocycles. The summed E-state index contributed by atoms with van der Waals surface area (Å²) in [6, 6.07) is 0. The van der Waals surface area contributed by atoms with E-state index in [1.54, 1.807) is 0 Å². The van der Waals surface area contributed by atoms with Crippen molar-refractivity contribution in [3.63, 3.8) is 0 Å². The fourth-order valence-corrected chi connectivity index (χ4v) is 7.13. The average Bonchev–Trinajstić information content (AvgIpc) is 3.76. The second-order valence-corrected chi connectivity index (χ2v) is 12.0. The van der Waals surface area contributed by atoms with Crippen LogP contribution >= 0.6 is 0 Å². The predicted octanol–water partition coefficient (Wildman–Crippen LogP) is 3.20. The van der Waals surface area contributed by atoms with Gasteiger partial charge >= 0.3 is 11.9 Å². The second-order valence-electron chi connectivity index (χ2n) is 12.0. The molecule has 1 fully saturated rings. The van der Waals surface area contributed by atoms with Gasteiger partial charge in [-0.1, -0.05) is 67.0 Å². The van der Waals surface area contributed by atoms with Gasteiger partial charge in [-0.25, -0.2) is 0 Å². The summed E-state index contributed by atoms with van der Waals surface area (Å²) in [5.41, 5.74) is 9.88. The largest absolute Gasteiger partial charge is 0.657 e. The van der Waals surface area contributed by atoms with E-state index in [-0.39, 0.29) is 47.1 Å². The maximum Gasteiger partial charge on any atom is 0.321 e. The summed E-state index contributed by atoms with van der Waals surface area (Å²) in [7, 11) is 2.65. The first-order valence-corrected chi connectivity index (χ1v) is 15.3. The van der Waals surface area contributed by atoms with Gasteiger partial charge in [-0.15, -0.1) is 33.5 Å². The fraction of sp³-hybridized carbons (Fsp3) is 0.361. The van der Waals surface area contributed by atoms with E-state index < -0.39 is 11.9 Å². The molecule has 1 aliphatic carbocycles. The van der Waals surface area contributed by atoms with Crippen LogP contribution in [0.25, 0.3) is 29.9 Å². The molecule has 0 amide bonds. The predicted molar refractivity (Wildman–Crippen MR) is 171 cm³/mol. The van der Waals surface area contributed by atoms with Crippen LogP contribution in [-0.4, -0.2) is 31.9 Å². The Bertz CT molecular complexity index is 1990. The first-order chi connectivity index (χ1) is 21.5. The Morgan fingerprint density at radius 3 is 2.30 bits per heavy atom. The van der Waals surface area contributed by atoms with E-state index >= 15 is 0 Å². The summed E-state index contributed by atoms with van der Waals surface area (Å²) in [5.74, 6) is -2.82. The molecule has 3 aliphatic rings. The number of methoxy groups -OCH3 is 2. The Labute approximate surface area is 278 Å². The number of esters is 2. The third kappa shape index (κ3) is 5.04. The summed E-state index contributed by atoms with van der Waals surface area (Å²) in [6.07, 6.45) is 9.14. The number of nitrogens with one attached hydrogen (secondary N) is 1. The molecular formula is C36H37MnN4O5-3. The molecule has 46 heavy (non-hydrogen) atoms. The number of carbonyl (C=O) groups excluding carboxylic acids is 3. The quantitative estimate of drug-likeness (QED) is 0.241.